The summed E-state index contributed by atoms with van der Waals surface area (Å²) in [6.45, 7) is 10.9. The minimum absolute atomic E-state index is 0.1000. The molecule has 7 rings (SSSR count). The van der Waals surface area contributed by atoms with E-state index >= 15 is 0 Å². The van der Waals surface area contributed by atoms with Gasteiger partial charge in [0.1, 0.15) is 17.5 Å². The highest BCUT2D eigenvalue weighted by atomic mass is 16.5. The van der Waals surface area contributed by atoms with E-state index < -0.39 is 0 Å². The minimum Gasteiger partial charge on any atom is -0.370 e. The van der Waals surface area contributed by atoms with Crippen LogP contribution in [0.5, 0.6) is 0 Å². The van der Waals surface area contributed by atoms with Crippen LogP contribution in [0.3, 0.4) is 0 Å². The van der Waals surface area contributed by atoms with Crippen LogP contribution in [-0.2, 0) is 22.4 Å². The number of nitriles is 1. The van der Waals surface area contributed by atoms with E-state index in [1.807, 2.05) is 12.1 Å². The Morgan fingerprint density at radius 2 is 2.05 bits per heavy atom. The lowest BCUT2D eigenvalue weighted by atomic mass is 9.91. The van der Waals surface area contributed by atoms with Gasteiger partial charge in [0.15, 0.2) is 0 Å². The predicted molar refractivity (Wildman–Crippen MR) is 150 cm³/mol. The van der Waals surface area contributed by atoms with Crippen molar-refractivity contribution >= 4 is 22.4 Å². The van der Waals surface area contributed by atoms with Gasteiger partial charge < -0.3 is 24.6 Å². The van der Waals surface area contributed by atoms with Crippen LogP contribution >= 0.6 is 0 Å². The number of rotatable bonds is 4. The molecular formula is C30H35N7O2. The molecule has 9 nitrogen and oxygen atoms in total. The summed E-state index contributed by atoms with van der Waals surface area (Å²) in [6.07, 6.45) is 5.10. The predicted octanol–water partition coefficient (Wildman–Crippen LogP) is 2.33. The van der Waals surface area contributed by atoms with Crippen molar-refractivity contribution < 1.29 is 9.47 Å². The van der Waals surface area contributed by atoms with Crippen molar-refractivity contribution in [3.8, 4) is 6.07 Å². The zero-order chi connectivity index (χ0) is 26.4. The molecule has 0 aliphatic carbocycles. The first-order chi connectivity index (χ1) is 19.1. The van der Waals surface area contributed by atoms with E-state index in [9.17, 15) is 5.26 Å². The monoisotopic (exact) mass is 525 g/mol. The first-order valence-corrected chi connectivity index (χ1v) is 14.1. The van der Waals surface area contributed by atoms with Gasteiger partial charge in [-0.1, -0.05) is 0 Å². The van der Waals surface area contributed by atoms with Gasteiger partial charge in [-0.15, -0.1) is 0 Å². The van der Waals surface area contributed by atoms with Crippen molar-refractivity contribution in [2.24, 2.45) is 0 Å². The number of aromatic nitrogens is 2. The number of hydrogen-bond acceptors (Lipinski definition) is 9. The molecule has 1 spiro atoms. The van der Waals surface area contributed by atoms with E-state index in [0.29, 0.717) is 5.56 Å². The molecule has 9 heteroatoms. The molecule has 0 saturated carbocycles. The van der Waals surface area contributed by atoms with E-state index in [1.54, 1.807) is 6.20 Å². The molecule has 4 aliphatic heterocycles. The van der Waals surface area contributed by atoms with Crippen LogP contribution in [0, 0.1) is 11.3 Å². The van der Waals surface area contributed by atoms with Crippen LogP contribution in [-0.4, -0.2) is 91.6 Å². The van der Waals surface area contributed by atoms with Crippen LogP contribution in [0.4, 0.5) is 11.5 Å². The van der Waals surface area contributed by atoms with Crippen LogP contribution in [0.25, 0.3) is 10.9 Å². The zero-order valence-corrected chi connectivity index (χ0v) is 22.5. The lowest BCUT2D eigenvalue weighted by Crippen LogP contribution is -2.71. The Labute approximate surface area is 229 Å². The number of nitrogens with zero attached hydrogens (tertiary/aromatic N) is 6. The van der Waals surface area contributed by atoms with Gasteiger partial charge in [0, 0.05) is 69.3 Å². The molecule has 2 atom stereocenters. The fourth-order valence-corrected chi connectivity index (χ4v) is 6.81. The minimum atomic E-state index is -0.136. The molecule has 0 radical (unpaired) electrons. The van der Waals surface area contributed by atoms with Crippen LogP contribution < -0.4 is 15.1 Å². The molecular weight excluding hydrogens is 490 g/mol. The number of nitrogens with one attached hydrogen (secondary N) is 1. The maximum atomic E-state index is 9.54. The zero-order valence-electron chi connectivity index (χ0n) is 22.5. The van der Waals surface area contributed by atoms with Gasteiger partial charge in [0.25, 0.3) is 0 Å². The van der Waals surface area contributed by atoms with Crippen molar-refractivity contribution in [1.82, 2.24) is 20.2 Å². The Hall–Kier alpha value is -3.29. The fraction of sp³-hybridized carbons (Fsp3) is 0.500. The Kier molecular flexibility index (Phi) is 6.36. The number of ether oxygens (including phenoxy) is 2. The van der Waals surface area contributed by atoms with Gasteiger partial charge in [-0.05, 0) is 61.3 Å². The first kappa shape index (κ1) is 24.7. The highest BCUT2D eigenvalue weighted by Gasteiger charge is 2.48. The van der Waals surface area contributed by atoms with Crippen LogP contribution in [0.15, 0.2) is 42.7 Å². The number of pyridine rings is 2. The molecule has 3 saturated heterocycles. The van der Waals surface area contributed by atoms with Crippen molar-refractivity contribution in [3.63, 3.8) is 0 Å². The molecule has 6 heterocycles. The van der Waals surface area contributed by atoms with Crippen molar-refractivity contribution in [1.29, 1.82) is 5.26 Å². The van der Waals surface area contributed by atoms with Gasteiger partial charge in [-0.25, -0.2) is 4.98 Å². The number of morpholine rings is 2. The lowest BCUT2D eigenvalue weighted by Gasteiger charge is -2.55. The SMILES string of the molecule is CC1CN(c2ccc(C#N)c3ncccc23)CC(CN2CC3(C2)CN(c2cc4c(cn2)CCNC4)CCO3)O1. The number of hydrogen-bond donors (Lipinski definition) is 1. The molecule has 0 amide bonds. The topological polar surface area (TPSA) is 89.8 Å². The summed E-state index contributed by atoms with van der Waals surface area (Å²) in [5.74, 6) is 1.07. The van der Waals surface area contributed by atoms with E-state index in [2.05, 4.69) is 62.4 Å². The van der Waals surface area contributed by atoms with Gasteiger partial charge in [-0.2, -0.15) is 5.26 Å². The first-order valence-electron chi connectivity index (χ1n) is 14.1. The van der Waals surface area contributed by atoms with Crippen LogP contribution in [0.1, 0.15) is 23.6 Å². The van der Waals surface area contributed by atoms with Gasteiger partial charge >= 0.3 is 0 Å². The summed E-state index contributed by atoms with van der Waals surface area (Å²) < 4.78 is 12.8. The Morgan fingerprint density at radius 3 is 2.95 bits per heavy atom. The molecule has 39 heavy (non-hydrogen) atoms. The number of benzene rings is 1. The quantitative estimate of drug-likeness (QED) is 0.551. The van der Waals surface area contributed by atoms with E-state index in [-0.39, 0.29) is 17.8 Å². The average Bonchev–Trinajstić information content (AvgIpc) is 2.95. The summed E-state index contributed by atoms with van der Waals surface area (Å²) in [5, 5.41) is 14.0. The van der Waals surface area contributed by atoms with Crippen molar-refractivity contribution in [3.05, 3.63) is 59.4 Å². The molecule has 1 aromatic carbocycles. The third kappa shape index (κ3) is 4.72. The lowest BCUT2D eigenvalue weighted by molar-refractivity contribution is -0.161. The second kappa shape index (κ2) is 10.0. The maximum Gasteiger partial charge on any atom is 0.128 e. The highest BCUT2D eigenvalue weighted by molar-refractivity contribution is 5.95. The molecule has 3 fully saturated rings. The van der Waals surface area contributed by atoms with E-state index in [0.717, 1.165) is 94.3 Å². The fourth-order valence-electron chi connectivity index (χ4n) is 6.81. The third-order valence-electron chi connectivity index (χ3n) is 8.55. The number of fused-ring (bicyclic) bond motifs is 2. The maximum absolute atomic E-state index is 9.54. The molecule has 0 bridgehead atoms. The number of anilines is 2. The van der Waals surface area contributed by atoms with Crippen molar-refractivity contribution in [2.75, 3.05) is 68.8 Å². The second-order valence-corrected chi connectivity index (χ2v) is 11.5. The number of likely N-dealkylation sites (tertiary alicyclic amines) is 1. The molecule has 1 N–H and O–H groups in total. The summed E-state index contributed by atoms with van der Waals surface area (Å²) in [4.78, 5) is 16.6. The molecule has 4 aliphatic rings. The summed E-state index contributed by atoms with van der Waals surface area (Å²) in [7, 11) is 0. The summed E-state index contributed by atoms with van der Waals surface area (Å²) in [5.41, 5.74) is 5.11. The Bertz CT molecular complexity index is 1420. The van der Waals surface area contributed by atoms with Crippen molar-refractivity contribution in [2.45, 2.75) is 37.7 Å². The van der Waals surface area contributed by atoms with Gasteiger partial charge in [0.2, 0.25) is 0 Å². The Balaban J connectivity index is 1.01. The normalized spacial score (nSPS) is 24.8. The van der Waals surface area contributed by atoms with E-state index in [4.69, 9.17) is 14.5 Å². The molecule has 202 valence electrons. The standard InChI is InChI=1S/C30H35N7O2/c1-21-15-37(27-5-4-22(12-31)29-26(27)3-2-7-33-29)17-25(39-21)16-35-18-30(19-35)20-36(9-10-38-30)28-11-24-13-32-8-6-23(24)14-34-28/h2-5,7,11,14,21,25,32H,6,8-10,13,15-20H2,1H3. The molecule has 2 aromatic heterocycles. The summed E-state index contributed by atoms with van der Waals surface area (Å²) in [6, 6.07) is 12.5. The highest BCUT2D eigenvalue weighted by Crippen LogP contribution is 2.34. The Morgan fingerprint density at radius 1 is 1.13 bits per heavy atom. The summed E-state index contributed by atoms with van der Waals surface area (Å²) >= 11 is 0. The van der Waals surface area contributed by atoms with Gasteiger partial charge in [0.05, 0.1) is 36.4 Å². The molecule has 3 aromatic rings. The second-order valence-electron chi connectivity index (χ2n) is 11.5. The van der Waals surface area contributed by atoms with Crippen LogP contribution in [0.2, 0.25) is 0 Å². The average molecular weight is 526 g/mol. The van der Waals surface area contributed by atoms with E-state index in [1.165, 1.54) is 11.1 Å². The third-order valence-corrected chi connectivity index (χ3v) is 8.55. The smallest absolute Gasteiger partial charge is 0.128 e. The molecule has 2 unspecified atom stereocenters. The van der Waals surface area contributed by atoms with Gasteiger partial charge in [-0.3, -0.25) is 9.88 Å². The largest absolute Gasteiger partial charge is 0.370 e.